The van der Waals surface area contributed by atoms with E-state index in [2.05, 4.69) is 133 Å². The summed E-state index contributed by atoms with van der Waals surface area (Å²) < 4.78 is 0. The second kappa shape index (κ2) is 7.57. The first-order valence-electron chi connectivity index (χ1n) is 11.8. The third kappa shape index (κ3) is 3.08. The SMILES string of the molecule is c1ccc2cc(-c3ccc4cc5ccccc5c(-c5ccc6ccccc6c5)c4c3)ccc2c1. The van der Waals surface area contributed by atoms with Gasteiger partial charge in [-0.2, -0.15) is 0 Å². The van der Waals surface area contributed by atoms with Gasteiger partial charge in [0.15, 0.2) is 0 Å². The topological polar surface area (TPSA) is 0 Å². The van der Waals surface area contributed by atoms with E-state index in [1.165, 1.54) is 65.3 Å². The largest absolute Gasteiger partial charge is 0.0616 e. The lowest BCUT2D eigenvalue weighted by Crippen LogP contribution is -1.88. The van der Waals surface area contributed by atoms with Crippen molar-refractivity contribution in [2.24, 2.45) is 0 Å². The Balaban J connectivity index is 1.53. The van der Waals surface area contributed by atoms with Gasteiger partial charge in [0.25, 0.3) is 0 Å². The molecule has 0 N–H and O–H groups in total. The first-order valence-corrected chi connectivity index (χ1v) is 11.8. The van der Waals surface area contributed by atoms with E-state index in [1.807, 2.05) is 0 Å². The molecule has 0 spiro atoms. The molecular formula is C34H22. The maximum atomic E-state index is 2.37. The smallest absolute Gasteiger partial charge is 0.00264 e. The van der Waals surface area contributed by atoms with Crippen molar-refractivity contribution in [3.63, 3.8) is 0 Å². The highest BCUT2D eigenvalue weighted by atomic mass is 14.2. The van der Waals surface area contributed by atoms with Crippen molar-refractivity contribution in [3.8, 4) is 22.3 Å². The standard InChI is InChI=1S/C34H22/c1-3-9-25-19-27(15-13-23(25)7-1)28-16-17-30-21-29-11-5-6-12-32(29)34(33(30)22-28)31-18-14-24-8-2-4-10-26(24)20-31/h1-22H. The molecule has 0 atom stereocenters. The third-order valence-electron chi connectivity index (χ3n) is 6.98. The molecule has 158 valence electrons. The Bertz CT molecular complexity index is 1860. The van der Waals surface area contributed by atoms with Crippen LogP contribution in [-0.2, 0) is 0 Å². The molecule has 0 aliphatic heterocycles. The highest BCUT2D eigenvalue weighted by molar-refractivity contribution is 6.14. The molecule has 0 aromatic heterocycles. The predicted molar refractivity (Wildman–Crippen MR) is 147 cm³/mol. The summed E-state index contributed by atoms with van der Waals surface area (Å²) in [6.07, 6.45) is 0. The van der Waals surface area contributed by atoms with Crippen LogP contribution in [0.1, 0.15) is 0 Å². The Hall–Kier alpha value is -4.42. The van der Waals surface area contributed by atoms with E-state index < -0.39 is 0 Å². The number of hydrogen-bond donors (Lipinski definition) is 0. The van der Waals surface area contributed by atoms with Gasteiger partial charge in [0.1, 0.15) is 0 Å². The van der Waals surface area contributed by atoms with E-state index in [9.17, 15) is 0 Å². The first-order chi connectivity index (χ1) is 16.8. The average Bonchev–Trinajstić information content (AvgIpc) is 2.91. The Morgan fingerprint density at radius 3 is 1.44 bits per heavy atom. The molecular weight excluding hydrogens is 408 g/mol. The quantitative estimate of drug-likeness (QED) is 0.239. The highest BCUT2D eigenvalue weighted by Gasteiger charge is 2.12. The lowest BCUT2D eigenvalue weighted by atomic mass is 9.89. The fourth-order valence-corrected chi connectivity index (χ4v) is 5.27. The molecule has 0 saturated carbocycles. The molecule has 34 heavy (non-hydrogen) atoms. The van der Waals surface area contributed by atoms with Gasteiger partial charge in [0.05, 0.1) is 0 Å². The van der Waals surface area contributed by atoms with Crippen LogP contribution in [0.3, 0.4) is 0 Å². The monoisotopic (exact) mass is 430 g/mol. The fraction of sp³-hybridized carbons (Fsp3) is 0. The van der Waals surface area contributed by atoms with Gasteiger partial charge < -0.3 is 0 Å². The molecule has 0 saturated heterocycles. The molecule has 0 aliphatic carbocycles. The van der Waals surface area contributed by atoms with Crippen molar-refractivity contribution in [1.29, 1.82) is 0 Å². The molecule has 7 rings (SSSR count). The van der Waals surface area contributed by atoms with E-state index in [1.54, 1.807) is 0 Å². The second-order valence-electron chi connectivity index (χ2n) is 9.03. The molecule has 0 bridgehead atoms. The molecule has 0 heterocycles. The maximum absolute atomic E-state index is 2.37. The van der Waals surface area contributed by atoms with Gasteiger partial charge in [-0.15, -0.1) is 0 Å². The van der Waals surface area contributed by atoms with Crippen molar-refractivity contribution in [1.82, 2.24) is 0 Å². The highest BCUT2D eigenvalue weighted by Crippen LogP contribution is 2.39. The van der Waals surface area contributed by atoms with Gasteiger partial charge in [0, 0.05) is 0 Å². The summed E-state index contributed by atoms with van der Waals surface area (Å²) in [7, 11) is 0. The minimum absolute atomic E-state index is 1.25. The van der Waals surface area contributed by atoms with Crippen molar-refractivity contribution >= 4 is 43.1 Å². The van der Waals surface area contributed by atoms with Crippen molar-refractivity contribution < 1.29 is 0 Å². The Morgan fingerprint density at radius 1 is 0.265 bits per heavy atom. The van der Waals surface area contributed by atoms with E-state index >= 15 is 0 Å². The summed E-state index contributed by atoms with van der Waals surface area (Å²) >= 11 is 0. The number of benzene rings is 7. The number of hydrogen-bond acceptors (Lipinski definition) is 0. The van der Waals surface area contributed by atoms with E-state index in [0.29, 0.717) is 0 Å². The molecule has 0 radical (unpaired) electrons. The van der Waals surface area contributed by atoms with Gasteiger partial charge in [-0.25, -0.2) is 0 Å². The van der Waals surface area contributed by atoms with Crippen molar-refractivity contribution in [3.05, 3.63) is 133 Å². The fourth-order valence-electron chi connectivity index (χ4n) is 5.27. The first kappa shape index (κ1) is 19.1. The minimum atomic E-state index is 1.25. The van der Waals surface area contributed by atoms with Crippen LogP contribution >= 0.6 is 0 Å². The van der Waals surface area contributed by atoms with Crippen LogP contribution in [0.2, 0.25) is 0 Å². The Kier molecular flexibility index (Phi) is 4.25. The van der Waals surface area contributed by atoms with Gasteiger partial charge in [-0.1, -0.05) is 109 Å². The third-order valence-corrected chi connectivity index (χ3v) is 6.98. The van der Waals surface area contributed by atoms with Crippen LogP contribution in [0.25, 0.3) is 65.3 Å². The zero-order chi connectivity index (χ0) is 22.5. The molecule has 0 heteroatoms. The molecule has 0 nitrogen and oxygen atoms in total. The summed E-state index contributed by atoms with van der Waals surface area (Å²) in [6.45, 7) is 0. The van der Waals surface area contributed by atoms with Crippen LogP contribution in [0.15, 0.2) is 133 Å². The summed E-state index contributed by atoms with van der Waals surface area (Å²) in [5.41, 5.74) is 5.06. The van der Waals surface area contributed by atoms with Crippen molar-refractivity contribution in [2.45, 2.75) is 0 Å². The average molecular weight is 431 g/mol. The van der Waals surface area contributed by atoms with E-state index in [0.717, 1.165) is 0 Å². The predicted octanol–water partition coefficient (Wildman–Crippen LogP) is 9.63. The minimum Gasteiger partial charge on any atom is -0.0616 e. The van der Waals surface area contributed by atoms with Crippen LogP contribution < -0.4 is 0 Å². The molecule has 7 aromatic rings. The van der Waals surface area contributed by atoms with Gasteiger partial charge >= 0.3 is 0 Å². The van der Waals surface area contributed by atoms with Crippen LogP contribution in [-0.4, -0.2) is 0 Å². The molecule has 0 amide bonds. The number of fused-ring (bicyclic) bond motifs is 4. The lowest BCUT2D eigenvalue weighted by molar-refractivity contribution is 1.67. The number of rotatable bonds is 2. The van der Waals surface area contributed by atoms with E-state index in [4.69, 9.17) is 0 Å². The maximum Gasteiger partial charge on any atom is -0.00264 e. The van der Waals surface area contributed by atoms with Gasteiger partial charge in [-0.3, -0.25) is 0 Å². The second-order valence-corrected chi connectivity index (χ2v) is 9.03. The van der Waals surface area contributed by atoms with Gasteiger partial charge in [0.2, 0.25) is 0 Å². The zero-order valence-electron chi connectivity index (χ0n) is 18.7. The summed E-state index contributed by atoms with van der Waals surface area (Å²) in [6, 6.07) is 48.7. The Labute approximate surface area is 198 Å². The van der Waals surface area contributed by atoms with Crippen LogP contribution in [0.5, 0.6) is 0 Å². The lowest BCUT2D eigenvalue weighted by Gasteiger charge is -2.14. The summed E-state index contributed by atoms with van der Waals surface area (Å²) in [5.74, 6) is 0. The molecule has 7 aromatic carbocycles. The van der Waals surface area contributed by atoms with Gasteiger partial charge in [-0.05, 0) is 89.6 Å². The molecule has 0 aliphatic rings. The van der Waals surface area contributed by atoms with Crippen LogP contribution in [0, 0.1) is 0 Å². The molecule has 0 fully saturated rings. The normalized spacial score (nSPS) is 11.5. The zero-order valence-corrected chi connectivity index (χ0v) is 18.7. The van der Waals surface area contributed by atoms with Crippen LogP contribution in [0.4, 0.5) is 0 Å². The molecule has 0 unspecified atom stereocenters. The Morgan fingerprint density at radius 2 is 0.735 bits per heavy atom. The summed E-state index contributed by atoms with van der Waals surface area (Å²) in [4.78, 5) is 0. The van der Waals surface area contributed by atoms with Crippen molar-refractivity contribution in [2.75, 3.05) is 0 Å². The summed E-state index contributed by atoms with van der Waals surface area (Å²) in [5, 5.41) is 10.2. The van der Waals surface area contributed by atoms with E-state index in [-0.39, 0.29) is 0 Å².